The molecule has 128 valence electrons. The van der Waals surface area contributed by atoms with Crippen LogP contribution in [-0.2, 0) is 4.79 Å². The smallest absolute Gasteiger partial charge is 0.142 e. The van der Waals surface area contributed by atoms with Crippen LogP contribution in [0.3, 0.4) is 0 Å². The fourth-order valence-corrected chi connectivity index (χ4v) is 3.67. The number of carbonyl (C=O) groups is 1. The summed E-state index contributed by atoms with van der Waals surface area (Å²) in [6.45, 7) is 4.32. The molecule has 0 N–H and O–H groups in total. The van der Waals surface area contributed by atoms with E-state index in [1.165, 1.54) is 0 Å². The lowest BCUT2D eigenvalue weighted by atomic mass is 9.96. The van der Waals surface area contributed by atoms with Crippen molar-refractivity contribution in [2.75, 3.05) is 0 Å². The summed E-state index contributed by atoms with van der Waals surface area (Å²) in [5, 5.41) is 7.01. The van der Waals surface area contributed by atoms with E-state index in [2.05, 4.69) is 44.2 Å². The van der Waals surface area contributed by atoms with Gasteiger partial charge in [-0.1, -0.05) is 68.4 Å². The topological polar surface area (TPSA) is 34.4 Å². The highest BCUT2D eigenvalue weighted by Crippen LogP contribution is 2.39. The molecular formula is C23H20N2O. The van der Waals surface area contributed by atoms with Crippen LogP contribution in [0.15, 0.2) is 66.9 Å². The molecule has 0 aliphatic rings. The molecule has 0 atom stereocenters. The van der Waals surface area contributed by atoms with Gasteiger partial charge in [0.05, 0.1) is 17.4 Å². The number of aromatic nitrogens is 2. The number of aldehydes is 1. The zero-order chi connectivity index (χ0) is 18.1. The van der Waals surface area contributed by atoms with Crippen LogP contribution < -0.4 is 0 Å². The molecule has 0 saturated carbocycles. The van der Waals surface area contributed by atoms with E-state index in [4.69, 9.17) is 5.10 Å². The number of nitrogens with zero attached hydrogens (tertiary/aromatic N) is 2. The zero-order valence-corrected chi connectivity index (χ0v) is 14.9. The minimum Gasteiger partial charge on any atom is -0.299 e. The average molecular weight is 340 g/mol. The van der Waals surface area contributed by atoms with E-state index in [1.54, 1.807) is 6.08 Å². The SMILES string of the molecule is CC(C)c1c(/C=C/C=O)c(-c2ccccc2)c2c3ccccc3cnn12. The normalized spacial score (nSPS) is 11.8. The third-order valence-corrected chi connectivity index (χ3v) is 4.70. The molecule has 2 heterocycles. The van der Waals surface area contributed by atoms with Gasteiger partial charge < -0.3 is 0 Å². The molecule has 2 aromatic carbocycles. The number of allylic oxidation sites excluding steroid dienone is 1. The van der Waals surface area contributed by atoms with Crippen molar-refractivity contribution in [3.63, 3.8) is 0 Å². The summed E-state index contributed by atoms with van der Waals surface area (Å²) in [7, 11) is 0. The van der Waals surface area contributed by atoms with E-state index in [1.807, 2.05) is 41.1 Å². The number of benzene rings is 2. The van der Waals surface area contributed by atoms with Crippen LogP contribution in [0.5, 0.6) is 0 Å². The molecule has 3 nitrogen and oxygen atoms in total. The second-order valence-electron chi connectivity index (χ2n) is 6.68. The molecule has 0 amide bonds. The third-order valence-electron chi connectivity index (χ3n) is 4.70. The van der Waals surface area contributed by atoms with Gasteiger partial charge >= 0.3 is 0 Å². The van der Waals surface area contributed by atoms with E-state index in [-0.39, 0.29) is 5.92 Å². The molecule has 0 unspecified atom stereocenters. The van der Waals surface area contributed by atoms with Gasteiger partial charge in [0.1, 0.15) is 6.29 Å². The van der Waals surface area contributed by atoms with E-state index in [0.29, 0.717) is 0 Å². The molecule has 4 rings (SSSR count). The quantitative estimate of drug-likeness (QED) is 0.364. The van der Waals surface area contributed by atoms with Crippen molar-refractivity contribution in [2.45, 2.75) is 19.8 Å². The number of hydrogen-bond acceptors (Lipinski definition) is 2. The van der Waals surface area contributed by atoms with E-state index in [0.717, 1.165) is 45.0 Å². The molecule has 0 fully saturated rings. The van der Waals surface area contributed by atoms with Crippen LogP contribution >= 0.6 is 0 Å². The maximum atomic E-state index is 11.0. The Kier molecular flexibility index (Phi) is 4.13. The van der Waals surface area contributed by atoms with Gasteiger partial charge in [-0.05, 0) is 23.6 Å². The van der Waals surface area contributed by atoms with Crippen molar-refractivity contribution < 1.29 is 4.79 Å². The summed E-state index contributed by atoms with van der Waals surface area (Å²) in [5.74, 6) is 0.264. The molecule has 2 aromatic heterocycles. The monoisotopic (exact) mass is 340 g/mol. The molecule has 0 bridgehead atoms. The zero-order valence-electron chi connectivity index (χ0n) is 14.9. The number of fused-ring (bicyclic) bond motifs is 3. The molecule has 26 heavy (non-hydrogen) atoms. The Hall–Kier alpha value is -3.20. The van der Waals surface area contributed by atoms with E-state index < -0.39 is 0 Å². The lowest BCUT2D eigenvalue weighted by Crippen LogP contribution is -2.00. The second-order valence-corrected chi connectivity index (χ2v) is 6.68. The molecular weight excluding hydrogens is 320 g/mol. The van der Waals surface area contributed by atoms with Gasteiger partial charge in [0, 0.05) is 21.9 Å². The summed E-state index contributed by atoms with van der Waals surface area (Å²) < 4.78 is 2.04. The number of hydrogen-bond donors (Lipinski definition) is 0. The first-order valence-corrected chi connectivity index (χ1v) is 8.82. The predicted molar refractivity (Wildman–Crippen MR) is 107 cm³/mol. The second kappa shape index (κ2) is 6.60. The van der Waals surface area contributed by atoms with Crippen LogP contribution in [0.1, 0.15) is 31.0 Å². The summed E-state index contributed by atoms with van der Waals surface area (Å²) in [6, 6.07) is 18.6. The first kappa shape index (κ1) is 16.3. The van der Waals surface area contributed by atoms with Gasteiger partial charge in [0.25, 0.3) is 0 Å². The Morgan fingerprint density at radius 2 is 1.73 bits per heavy atom. The first-order chi connectivity index (χ1) is 12.7. The first-order valence-electron chi connectivity index (χ1n) is 8.82. The molecule has 0 spiro atoms. The maximum absolute atomic E-state index is 11.0. The molecule has 3 heteroatoms. The number of rotatable bonds is 4. The predicted octanol–water partition coefficient (Wildman–Crippen LogP) is 5.49. The van der Waals surface area contributed by atoms with Crippen LogP contribution in [0.2, 0.25) is 0 Å². The van der Waals surface area contributed by atoms with Crippen molar-refractivity contribution in [3.05, 3.63) is 78.1 Å². The maximum Gasteiger partial charge on any atom is 0.142 e. The van der Waals surface area contributed by atoms with Gasteiger partial charge in [-0.25, -0.2) is 4.52 Å². The standard InChI is InChI=1S/C23H20N2O/c1-16(2)22-20(13-8-14-26)21(17-9-4-3-5-10-17)23-19-12-7-6-11-18(19)15-24-25(22)23/h3-16H,1-2H3/b13-8+. The summed E-state index contributed by atoms with van der Waals surface area (Å²) in [4.78, 5) is 11.0. The Morgan fingerprint density at radius 3 is 2.46 bits per heavy atom. The Labute approximate surface area is 152 Å². The van der Waals surface area contributed by atoms with Crippen molar-refractivity contribution in [1.29, 1.82) is 0 Å². The summed E-state index contributed by atoms with van der Waals surface area (Å²) in [5.41, 5.74) is 5.51. The van der Waals surface area contributed by atoms with E-state index in [9.17, 15) is 4.79 Å². The lowest BCUT2D eigenvalue weighted by molar-refractivity contribution is -0.104. The highest BCUT2D eigenvalue weighted by atomic mass is 16.1. The van der Waals surface area contributed by atoms with Crippen LogP contribution in [0.4, 0.5) is 0 Å². The Bertz CT molecular complexity index is 1120. The fourth-order valence-electron chi connectivity index (χ4n) is 3.67. The van der Waals surface area contributed by atoms with Crippen molar-refractivity contribution in [1.82, 2.24) is 9.61 Å². The minimum atomic E-state index is 0.264. The van der Waals surface area contributed by atoms with Crippen LogP contribution in [-0.4, -0.2) is 15.9 Å². The molecule has 0 radical (unpaired) electrons. The van der Waals surface area contributed by atoms with Crippen molar-refractivity contribution >= 4 is 28.7 Å². The molecule has 0 saturated heterocycles. The summed E-state index contributed by atoms with van der Waals surface area (Å²) in [6.07, 6.45) is 6.21. The Balaban J connectivity index is 2.25. The lowest BCUT2D eigenvalue weighted by Gasteiger charge is -2.08. The highest BCUT2D eigenvalue weighted by molar-refractivity contribution is 6.06. The summed E-state index contributed by atoms with van der Waals surface area (Å²) >= 11 is 0. The van der Waals surface area contributed by atoms with Crippen LogP contribution in [0.25, 0.3) is 33.5 Å². The third kappa shape index (κ3) is 2.53. The van der Waals surface area contributed by atoms with Crippen molar-refractivity contribution in [2.24, 2.45) is 0 Å². The highest BCUT2D eigenvalue weighted by Gasteiger charge is 2.22. The van der Waals surface area contributed by atoms with Gasteiger partial charge in [0.2, 0.25) is 0 Å². The molecule has 0 aliphatic heterocycles. The van der Waals surface area contributed by atoms with Gasteiger partial charge in [-0.15, -0.1) is 0 Å². The minimum absolute atomic E-state index is 0.264. The van der Waals surface area contributed by atoms with Crippen LogP contribution in [0, 0.1) is 0 Å². The average Bonchev–Trinajstić information content (AvgIpc) is 3.01. The molecule has 0 aliphatic carbocycles. The number of carbonyl (C=O) groups excluding carboxylic acids is 1. The van der Waals surface area contributed by atoms with Gasteiger partial charge in [-0.2, -0.15) is 5.10 Å². The van der Waals surface area contributed by atoms with Gasteiger partial charge in [-0.3, -0.25) is 4.79 Å². The Morgan fingerprint density at radius 1 is 1.00 bits per heavy atom. The largest absolute Gasteiger partial charge is 0.299 e. The fraction of sp³-hybridized carbons (Fsp3) is 0.130. The van der Waals surface area contributed by atoms with Gasteiger partial charge in [0.15, 0.2) is 0 Å². The van der Waals surface area contributed by atoms with Crippen molar-refractivity contribution in [3.8, 4) is 11.1 Å². The molecule has 4 aromatic rings. The van der Waals surface area contributed by atoms with E-state index >= 15 is 0 Å².